The topological polar surface area (TPSA) is 107 Å². The van der Waals surface area contributed by atoms with Crippen LogP contribution < -0.4 is 14.8 Å². The normalized spacial score (nSPS) is 18.7. The van der Waals surface area contributed by atoms with E-state index in [9.17, 15) is 9.59 Å². The van der Waals surface area contributed by atoms with Crippen molar-refractivity contribution in [3.63, 3.8) is 0 Å². The van der Waals surface area contributed by atoms with Gasteiger partial charge in [-0.25, -0.2) is 4.79 Å². The maximum atomic E-state index is 12.3. The summed E-state index contributed by atoms with van der Waals surface area (Å²) in [5, 5.41) is 11.7. The molecule has 1 amide bonds. The van der Waals surface area contributed by atoms with Gasteiger partial charge in [0.25, 0.3) is 5.91 Å². The Hall–Kier alpha value is -3.13. The summed E-state index contributed by atoms with van der Waals surface area (Å²) in [7, 11) is 1.53. The molecule has 1 saturated heterocycles. The third-order valence-corrected chi connectivity index (χ3v) is 4.14. The van der Waals surface area contributed by atoms with E-state index in [1.807, 2.05) is 12.1 Å². The molecule has 8 nitrogen and oxygen atoms in total. The number of benzene rings is 1. The number of anilines is 1. The number of methoxy groups -OCH3 is 1. The van der Waals surface area contributed by atoms with Crippen molar-refractivity contribution in [2.45, 2.75) is 31.7 Å². The highest BCUT2D eigenvalue weighted by Crippen LogP contribution is 2.31. The minimum atomic E-state index is -1.05. The lowest BCUT2D eigenvalue weighted by Crippen LogP contribution is -2.29. The average Bonchev–Trinajstić information content (AvgIpc) is 3.18. The Morgan fingerprint density at radius 3 is 2.74 bits per heavy atom. The minimum Gasteiger partial charge on any atom is -0.493 e. The van der Waals surface area contributed by atoms with Gasteiger partial charge in [-0.2, -0.15) is 0 Å². The molecular formula is C19H20N2O6. The molecule has 1 aliphatic rings. The summed E-state index contributed by atoms with van der Waals surface area (Å²) >= 11 is 0. The molecular weight excluding hydrogens is 352 g/mol. The maximum absolute atomic E-state index is 12.3. The SMILES string of the molecule is COc1ccc(NC(=O)[C@@H]2CC[C@H](C(=O)O)O2)cc1OCc1cccnc1. The molecule has 2 heterocycles. The molecule has 2 N–H and O–H groups in total. The third-order valence-electron chi connectivity index (χ3n) is 4.14. The fourth-order valence-corrected chi connectivity index (χ4v) is 2.75. The fourth-order valence-electron chi connectivity index (χ4n) is 2.75. The smallest absolute Gasteiger partial charge is 0.332 e. The molecule has 3 rings (SSSR count). The highest BCUT2D eigenvalue weighted by molar-refractivity contribution is 5.95. The standard InChI is InChI=1S/C19H20N2O6/c1-25-14-5-4-13(9-17(14)26-11-12-3-2-8-20-10-12)21-18(22)15-6-7-16(27-15)19(23)24/h2-5,8-10,15-16H,6-7,11H2,1H3,(H,21,22)(H,23,24)/t15-,16+/m0/s1. The first kappa shape index (κ1) is 18.7. The number of pyridine rings is 1. The summed E-state index contributed by atoms with van der Waals surface area (Å²) in [6.45, 7) is 0.299. The van der Waals surface area contributed by atoms with Crippen LogP contribution in [0.3, 0.4) is 0 Å². The van der Waals surface area contributed by atoms with Gasteiger partial charge in [-0.15, -0.1) is 0 Å². The second kappa shape index (κ2) is 8.50. The van der Waals surface area contributed by atoms with Crippen molar-refractivity contribution in [2.24, 2.45) is 0 Å². The highest BCUT2D eigenvalue weighted by Gasteiger charge is 2.34. The Morgan fingerprint density at radius 2 is 2.07 bits per heavy atom. The van der Waals surface area contributed by atoms with Crippen LogP contribution in [0.2, 0.25) is 0 Å². The molecule has 142 valence electrons. The summed E-state index contributed by atoms with van der Waals surface area (Å²) in [5.74, 6) is -0.446. The van der Waals surface area contributed by atoms with E-state index >= 15 is 0 Å². The molecule has 1 aromatic heterocycles. The summed E-state index contributed by atoms with van der Waals surface area (Å²) in [6.07, 6.45) is 2.34. The summed E-state index contributed by atoms with van der Waals surface area (Å²) < 4.78 is 16.3. The van der Waals surface area contributed by atoms with Crippen LogP contribution in [0.5, 0.6) is 11.5 Å². The number of carbonyl (C=O) groups is 2. The summed E-state index contributed by atoms with van der Waals surface area (Å²) in [6, 6.07) is 8.72. The maximum Gasteiger partial charge on any atom is 0.332 e. The molecule has 0 unspecified atom stereocenters. The number of ether oxygens (including phenoxy) is 3. The number of carboxylic acids is 1. The van der Waals surface area contributed by atoms with Gasteiger partial charge in [0.05, 0.1) is 7.11 Å². The van der Waals surface area contributed by atoms with E-state index in [-0.39, 0.29) is 5.91 Å². The van der Waals surface area contributed by atoms with E-state index in [1.165, 1.54) is 7.11 Å². The first-order chi connectivity index (χ1) is 13.1. The molecule has 0 bridgehead atoms. The van der Waals surface area contributed by atoms with E-state index in [4.69, 9.17) is 19.3 Å². The van der Waals surface area contributed by atoms with Crippen LogP contribution in [0.4, 0.5) is 5.69 Å². The summed E-state index contributed by atoms with van der Waals surface area (Å²) in [4.78, 5) is 27.3. The van der Waals surface area contributed by atoms with Crippen LogP contribution in [-0.2, 0) is 20.9 Å². The van der Waals surface area contributed by atoms with Crippen molar-refractivity contribution in [1.29, 1.82) is 0 Å². The molecule has 0 saturated carbocycles. The van der Waals surface area contributed by atoms with Crippen molar-refractivity contribution in [3.05, 3.63) is 48.3 Å². The molecule has 1 aromatic carbocycles. The van der Waals surface area contributed by atoms with Crippen LogP contribution in [0.15, 0.2) is 42.7 Å². The zero-order chi connectivity index (χ0) is 19.2. The molecule has 0 spiro atoms. The molecule has 0 aliphatic carbocycles. The van der Waals surface area contributed by atoms with Gasteiger partial charge in [0, 0.05) is 29.7 Å². The van der Waals surface area contributed by atoms with Gasteiger partial charge in [0.1, 0.15) is 12.7 Å². The third kappa shape index (κ3) is 4.73. The molecule has 27 heavy (non-hydrogen) atoms. The first-order valence-electron chi connectivity index (χ1n) is 8.45. The number of hydrogen-bond acceptors (Lipinski definition) is 6. The van der Waals surface area contributed by atoms with E-state index in [2.05, 4.69) is 10.3 Å². The van der Waals surface area contributed by atoms with Gasteiger partial charge in [0.15, 0.2) is 17.6 Å². The number of nitrogens with zero attached hydrogens (tertiary/aromatic N) is 1. The van der Waals surface area contributed by atoms with E-state index in [0.29, 0.717) is 36.6 Å². The van der Waals surface area contributed by atoms with E-state index in [1.54, 1.807) is 30.6 Å². The van der Waals surface area contributed by atoms with Gasteiger partial charge in [-0.05, 0) is 31.0 Å². The van der Waals surface area contributed by atoms with Crippen molar-refractivity contribution < 1.29 is 28.9 Å². The summed E-state index contributed by atoms with van der Waals surface area (Å²) in [5.41, 5.74) is 1.40. The Morgan fingerprint density at radius 1 is 1.26 bits per heavy atom. The van der Waals surface area contributed by atoms with E-state index < -0.39 is 18.2 Å². The number of rotatable bonds is 7. The van der Waals surface area contributed by atoms with Crippen LogP contribution in [-0.4, -0.2) is 41.3 Å². The number of aliphatic carboxylic acids is 1. The zero-order valence-corrected chi connectivity index (χ0v) is 14.8. The van der Waals surface area contributed by atoms with Gasteiger partial charge in [-0.1, -0.05) is 6.07 Å². The van der Waals surface area contributed by atoms with Gasteiger partial charge in [-0.3, -0.25) is 9.78 Å². The van der Waals surface area contributed by atoms with Crippen LogP contribution in [0.1, 0.15) is 18.4 Å². The molecule has 1 fully saturated rings. The van der Waals surface area contributed by atoms with E-state index in [0.717, 1.165) is 5.56 Å². The number of hydrogen-bond donors (Lipinski definition) is 2. The van der Waals surface area contributed by atoms with Crippen molar-refractivity contribution in [3.8, 4) is 11.5 Å². The van der Waals surface area contributed by atoms with Crippen LogP contribution >= 0.6 is 0 Å². The van der Waals surface area contributed by atoms with Crippen molar-refractivity contribution >= 4 is 17.6 Å². The Bertz CT molecular complexity index is 811. The quantitative estimate of drug-likeness (QED) is 0.767. The minimum absolute atomic E-state index is 0.299. The second-order valence-corrected chi connectivity index (χ2v) is 6.03. The average molecular weight is 372 g/mol. The van der Waals surface area contributed by atoms with Gasteiger partial charge >= 0.3 is 5.97 Å². The lowest BCUT2D eigenvalue weighted by atomic mass is 10.2. The van der Waals surface area contributed by atoms with Gasteiger partial charge in [0.2, 0.25) is 0 Å². The highest BCUT2D eigenvalue weighted by atomic mass is 16.5. The monoisotopic (exact) mass is 372 g/mol. The molecule has 2 atom stereocenters. The predicted molar refractivity (Wildman–Crippen MR) is 95.7 cm³/mol. The number of nitrogens with one attached hydrogen (secondary N) is 1. The lowest BCUT2D eigenvalue weighted by Gasteiger charge is -2.15. The Labute approximate surface area is 156 Å². The fraction of sp³-hybridized carbons (Fsp3) is 0.316. The molecule has 0 radical (unpaired) electrons. The number of aromatic nitrogens is 1. The number of carbonyl (C=O) groups excluding carboxylic acids is 1. The van der Waals surface area contributed by atoms with Crippen LogP contribution in [0, 0.1) is 0 Å². The second-order valence-electron chi connectivity index (χ2n) is 6.03. The molecule has 1 aliphatic heterocycles. The zero-order valence-electron chi connectivity index (χ0n) is 14.8. The van der Waals surface area contributed by atoms with Gasteiger partial charge < -0.3 is 24.6 Å². The lowest BCUT2D eigenvalue weighted by molar-refractivity contribution is -0.150. The molecule has 2 aromatic rings. The first-order valence-corrected chi connectivity index (χ1v) is 8.45. The van der Waals surface area contributed by atoms with Crippen molar-refractivity contribution in [1.82, 2.24) is 4.98 Å². The molecule has 8 heteroatoms. The Kier molecular flexibility index (Phi) is 5.87. The van der Waals surface area contributed by atoms with Crippen LogP contribution in [0.25, 0.3) is 0 Å². The predicted octanol–water partition coefficient (Wildman–Crippen LogP) is 2.24. The largest absolute Gasteiger partial charge is 0.493 e. The Balaban J connectivity index is 1.65. The van der Waals surface area contributed by atoms with Crippen molar-refractivity contribution in [2.75, 3.05) is 12.4 Å². The number of carboxylic acid groups (broad SMARTS) is 1. The number of amides is 1.